The summed E-state index contributed by atoms with van der Waals surface area (Å²) in [6.45, 7) is 1.64. The summed E-state index contributed by atoms with van der Waals surface area (Å²) in [6.07, 6.45) is 0.982. The van der Waals surface area contributed by atoms with Gasteiger partial charge in [-0.25, -0.2) is 4.79 Å². The first-order valence-electron chi connectivity index (χ1n) is 6.29. The molecule has 20 heavy (non-hydrogen) atoms. The molecular formula is C14H15NO5. The third kappa shape index (κ3) is 2.96. The number of likely N-dealkylation sites (tertiary alicyclic amines) is 1. The van der Waals surface area contributed by atoms with E-state index in [4.69, 9.17) is 4.74 Å². The average Bonchev–Trinajstić information content (AvgIpc) is 2.82. The van der Waals surface area contributed by atoms with Crippen molar-refractivity contribution in [3.63, 3.8) is 0 Å². The van der Waals surface area contributed by atoms with Crippen molar-refractivity contribution in [1.82, 2.24) is 4.90 Å². The van der Waals surface area contributed by atoms with E-state index < -0.39 is 18.5 Å². The Hall–Kier alpha value is -2.37. The molecule has 6 nitrogen and oxygen atoms in total. The van der Waals surface area contributed by atoms with E-state index in [2.05, 4.69) is 0 Å². The summed E-state index contributed by atoms with van der Waals surface area (Å²) in [5.74, 6) is -1.76. The van der Waals surface area contributed by atoms with E-state index in [1.165, 1.54) is 12.1 Å². The van der Waals surface area contributed by atoms with E-state index in [1.807, 2.05) is 0 Å². The topological polar surface area (TPSA) is 83.9 Å². The van der Waals surface area contributed by atoms with Crippen molar-refractivity contribution in [3.8, 4) is 5.75 Å². The molecule has 106 valence electrons. The lowest BCUT2D eigenvalue weighted by atomic mass is 10.1. The number of amides is 2. The first-order valence-corrected chi connectivity index (χ1v) is 6.29. The van der Waals surface area contributed by atoms with Gasteiger partial charge in [0.2, 0.25) is 5.91 Å². The minimum absolute atomic E-state index is 0.00357. The third-order valence-corrected chi connectivity index (χ3v) is 3.07. The Balaban J connectivity index is 1.95. The normalized spacial score (nSPS) is 14.4. The highest BCUT2D eigenvalue weighted by atomic mass is 16.5. The van der Waals surface area contributed by atoms with E-state index in [0.29, 0.717) is 19.4 Å². The number of benzene rings is 1. The fourth-order valence-corrected chi connectivity index (χ4v) is 2.01. The molecule has 0 spiro atoms. The first-order chi connectivity index (χ1) is 9.49. The molecule has 0 bridgehead atoms. The van der Waals surface area contributed by atoms with Crippen LogP contribution in [0.1, 0.15) is 28.8 Å². The maximum Gasteiger partial charge on any atom is 0.342 e. The van der Waals surface area contributed by atoms with Crippen molar-refractivity contribution in [2.45, 2.75) is 19.8 Å². The molecule has 1 fully saturated rings. The highest BCUT2D eigenvalue weighted by Crippen LogP contribution is 2.19. The van der Waals surface area contributed by atoms with Gasteiger partial charge < -0.3 is 9.84 Å². The maximum absolute atomic E-state index is 11.7. The van der Waals surface area contributed by atoms with Crippen molar-refractivity contribution in [1.29, 1.82) is 0 Å². The first kappa shape index (κ1) is 14.0. The number of imide groups is 1. The molecule has 1 aromatic carbocycles. The van der Waals surface area contributed by atoms with Gasteiger partial charge in [0.25, 0.3) is 5.91 Å². The van der Waals surface area contributed by atoms with E-state index in [0.717, 1.165) is 10.5 Å². The molecule has 1 N–H and O–H groups in total. The van der Waals surface area contributed by atoms with Crippen LogP contribution in [0.2, 0.25) is 0 Å². The maximum atomic E-state index is 11.7. The molecule has 2 rings (SSSR count). The van der Waals surface area contributed by atoms with Gasteiger partial charge in [-0.3, -0.25) is 14.5 Å². The largest absolute Gasteiger partial charge is 0.507 e. The Bertz CT molecular complexity index is 567. The molecule has 1 aliphatic heterocycles. The minimum atomic E-state index is -0.789. The van der Waals surface area contributed by atoms with E-state index in [-0.39, 0.29) is 17.2 Å². The predicted molar refractivity (Wildman–Crippen MR) is 69.1 cm³/mol. The van der Waals surface area contributed by atoms with Gasteiger partial charge in [-0.05, 0) is 31.0 Å². The molecule has 0 aromatic heterocycles. The molecule has 0 radical (unpaired) electrons. The third-order valence-electron chi connectivity index (χ3n) is 3.07. The molecule has 1 saturated heterocycles. The SMILES string of the molecule is Cc1ccc(C(=O)OCC(=O)N2CCCC2=O)c(O)c1. The number of phenols is 1. The van der Waals surface area contributed by atoms with Crippen LogP contribution >= 0.6 is 0 Å². The van der Waals surface area contributed by atoms with Crippen LogP contribution in [0.3, 0.4) is 0 Å². The molecular weight excluding hydrogens is 262 g/mol. The number of phenolic OH excluding ortho intramolecular Hbond substituents is 1. The molecule has 0 atom stereocenters. The lowest BCUT2D eigenvalue weighted by molar-refractivity contribution is -0.143. The fourth-order valence-electron chi connectivity index (χ4n) is 2.01. The molecule has 0 unspecified atom stereocenters. The monoisotopic (exact) mass is 277 g/mol. The van der Waals surface area contributed by atoms with Gasteiger partial charge in [-0.15, -0.1) is 0 Å². The Morgan fingerprint density at radius 2 is 2.15 bits per heavy atom. The molecule has 0 saturated carbocycles. The van der Waals surface area contributed by atoms with Crippen molar-refractivity contribution in [3.05, 3.63) is 29.3 Å². The number of rotatable bonds is 3. The van der Waals surface area contributed by atoms with Gasteiger partial charge in [0, 0.05) is 13.0 Å². The van der Waals surface area contributed by atoms with Crippen molar-refractivity contribution in [2.24, 2.45) is 0 Å². The second-order valence-electron chi connectivity index (χ2n) is 4.64. The van der Waals surface area contributed by atoms with E-state index >= 15 is 0 Å². The molecule has 6 heteroatoms. The predicted octanol–water partition coefficient (Wildman–Crippen LogP) is 1.01. The number of carbonyl (C=O) groups excluding carboxylic acids is 3. The summed E-state index contributed by atoms with van der Waals surface area (Å²) in [4.78, 5) is 35.9. The molecule has 1 aliphatic rings. The van der Waals surface area contributed by atoms with Crippen molar-refractivity contribution in [2.75, 3.05) is 13.2 Å². The van der Waals surface area contributed by atoms with E-state index in [9.17, 15) is 19.5 Å². The van der Waals surface area contributed by atoms with Gasteiger partial charge in [0.15, 0.2) is 6.61 Å². The van der Waals surface area contributed by atoms with Crippen LogP contribution in [0.25, 0.3) is 0 Å². The van der Waals surface area contributed by atoms with Crippen molar-refractivity contribution < 1.29 is 24.2 Å². The summed E-state index contributed by atoms with van der Waals surface area (Å²) in [5.41, 5.74) is 0.800. The highest BCUT2D eigenvalue weighted by Gasteiger charge is 2.27. The number of hydrogen-bond acceptors (Lipinski definition) is 5. The summed E-state index contributed by atoms with van der Waals surface area (Å²) >= 11 is 0. The fraction of sp³-hybridized carbons (Fsp3) is 0.357. The van der Waals surface area contributed by atoms with Crippen LogP contribution in [-0.4, -0.2) is 40.9 Å². The highest BCUT2D eigenvalue weighted by molar-refractivity contribution is 5.99. The van der Waals surface area contributed by atoms with Gasteiger partial charge in [0.05, 0.1) is 0 Å². The second kappa shape index (κ2) is 5.73. The van der Waals surface area contributed by atoms with Gasteiger partial charge >= 0.3 is 5.97 Å². The summed E-state index contributed by atoms with van der Waals surface area (Å²) in [5, 5.41) is 9.63. The number of carbonyl (C=O) groups is 3. The van der Waals surface area contributed by atoms with Gasteiger partial charge in [-0.1, -0.05) is 6.07 Å². The van der Waals surface area contributed by atoms with Crippen LogP contribution in [-0.2, 0) is 14.3 Å². The summed E-state index contributed by atoms with van der Waals surface area (Å²) in [6, 6.07) is 4.52. The quantitative estimate of drug-likeness (QED) is 0.833. The van der Waals surface area contributed by atoms with Crippen LogP contribution in [0, 0.1) is 6.92 Å². The van der Waals surface area contributed by atoms with Crippen LogP contribution in [0.4, 0.5) is 0 Å². The zero-order valence-corrected chi connectivity index (χ0v) is 11.1. The smallest absolute Gasteiger partial charge is 0.342 e. The van der Waals surface area contributed by atoms with E-state index in [1.54, 1.807) is 13.0 Å². The molecule has 2 amide bonds. The zero-order valence-electron chi connectivity index (χ0n) is 11.1. The Morgan fingerprint density at radius 3 is 2.75 bits per heavy atom. The lowest BCUT2D eigenvalue weighted by Crippen LogP contribution is -2.35. The number of esters is 1. The average molecular weight is 277 g/mol. The lowest BCUT2D eigenvalue weighted by Gasteiger charge is -2.13. The Morgan fingerprint density at radius 1 is 1.40 bits per heavy atom. The minimum Gasteiger partial charge on any atom is -0.507 e. The number of aryl methyl sites for hydroxylation is 1. The molecule has 0 aliphatic carbocycles. The van der Waals surface area contributed by atoms with Crippen LogP contribution in [0.15, 0.2) is 18.2 Å². The standard InChI is InChI=1S/C14H15NO5/c1-9-4-5-10(11(16)7-9)14(19)20-8-13(18)15-6-2-3-12(15)17/h4-5,7,16H,2-3,6,8H2,1H3. The number of aromatic hydroxyl groups is 1. The number of hydrogen-bond donors (Lipinski definition) is 1. The zero-order chi connectivity index (χ0) is 14.7. The van der Waals surface area contributed by atoms with Crippen LogP contribution < -0.4 is 0 Å². The second-order valence-corrected chi connectivity index (χ2v) is 4.64. The van der Waals surface area contributed by atoms with Crippen molar-refractivity contribution >= 4 is 17.8 Å². The Labute approximate surface area is 115 Å². The van der Waals surface area contributed by atoms with Gasteiger partial charge in [0.1, 0.15) is 11.3 Å². The summed E-state index contributed by atoms with van der Waals surface area (Å²) in [7, 11) is 0. The summed E-state index contributed by atoms with van der Waals surface area (Å²) < 4.78 is 4.83. The van der Waals surface area contributed by atoms with Gasteiger partial charge in [-0.2, -0.15) is 0 Å². The molecule has 1 heterocycles. The van der Waals surface area contributed by atoms with Crippen LogP contribution in [0.5, 0.6) is 5.75 Å². The number of ether oxygens (including phenoxy) is 1. The Kier molecular flexibility index (Phi) is 4.02. The molecule has 1 aromatic rings. The number of nitrogens with zero attached hydrogens (tertiary/aromatic N) is 1.